The molecule has 0 radical (unpaired) electrons. The molecule has 0 aliphatic rings. The Morgan fingerprint density at radius 3 is 2.41 bits per heavy atom. The quantitative estimate of drug-likeness (QED) is 0.681. The molecule has 0 saturated heterocycles. The molecular formula is C16H14BF3N2. The monoisotopic (exact) mass is 302 g/mol. The van der Waals surface area contributed by atoms with Gasteiger partial charge in [0.2, 0.25) is 0 Å². The maximum absolute atomic E-state index is 12.5. The van der Waals surface area contributed by atoms with Crippen LogP contribution in [-0.4, -0.2) is 12.7 Å². The Morgan fingerprint density at radius 1 is 1.18 bits per heavy atom. The average Bonchev–Trinajstić information content (AvgIpc) is 2.46. The molecule has 0 saturated carbocycles. The van der Waals surface area contributed by atoms with Crippen LogP contribution in [0.5, 0.6) is 0 Å². The standard InChI is InChI=1S/C16H14BF3N2/c1-10-5-3-4-6-13(10)15(21)22-11(2)14-8-7-12(9-17-14)16(18,19)20/h3-9H,2H2,1H3,(H2,21,22). The number of hydrogen-bond donors (Lipinski definition) is 1. The number of alkyl halides is 3. The first-order chi connectivity index (χ1) is 10.3. The molecule has 6 heteroatoms. The summed E-state index contributed by atoms with van der Waals surface area (Å²) in [7, 11) is 0. The summed E-state index contributed by atoms with van der Waals surface area (Å²) < 4.78 is 37.6. The van der Waals surface area contributed by atoms with Crippen LogP contribution in [0.2, 0.25) is 0 Å². The number of halogens is 3. The van der Waals surface area contributed by atoms with Gasteiger partial charge in [0.25, 0.3) is 0 Å². The second-order valence-electron chi connectivity index (χ2n) is 4.83. The molecule has 1 heterocycles. The summed E-state index contributed by atoms with van der Waals surface area (Å²) in [5.74, 6) is 1.28. The van der Waals surface area contributed by atoms with Gasteiger partial charge in [0.05, 0.1) is 0 Å². The molecule has 1 aromatic carbocycles. The van der Waals surface area contributed by atoms with E-state index in [1.807, 2.05) is 31.2 Å². The van der Waals surface area contributed by atoms with Crippen molar-refractivity contribution in [2.75, 3.05) is 0 Å². The predicted octanol–water partition coefficient (Wildman–Crippen LogP) is 3.73. The van der Waals surface area contributed by atoms with E-state index in [-0.39, 0.29) is 5.84 Å². The van der Waals surface area contributed by atoms with Crippen LogP contribution in [0.25, 0.3) is 5.70 Å². The van der Waals surface area contributed by atoms with Crippen LogP contribution >= 0.6 is 0 Å². The molecule has 112 valence electrons. The molecule has 2 nitrogen and oxygen atoms in total. The minimum atomic E-state index is -4.36. The molecule has 0 amide bonds. The first-order valence-corrected chi connectivity index (χ1v) is 6.56. The zero-order valence-electron chi connectivity index (χ0n) is 12.0. The first-order valence-electron chi connectivity index (χ1n) is 6.56. The van der Waals surface area contributed by atoms with Crippen LogP contribution in [0.4, 0.5) is 13.2 Å². The van der Waals surface area contributed by atoms with E-state index in [1.165, 1.54) is 13.0 Å². The zero-order chi connectivity index (χ0) is 16.3. The molecule has 22 heavy (non-hydrogen) atoms. The van der Waals surface area contributed by atoms with Gasteiger partial charge in [-0.05, 0) is 0 Å². The van der Waals surface area contributed by atoms with Gasteiger partial charge in [-0.25, -0.2) is 0 Å². The van der Waals surface area contributed by atoms with E-state index >= 15 is 0 Å². The molecule has 2 rings (SSSR count). The van der Waals surface area contributed by atoms with Crippen LogP contribution in [0.1, 0.15) is 22.1 Å². The molecule has 0 atom stereocenters. The number of rotatable bonds is 3. The first kappa shape index (κ1) is 16.0. The van der Waals surface area contributed by atoms with Crippen LogP contribution in [0, 0.1) is 6.92 Å². The van der Waals surface area contributed by atoms with Gasteiger partial charge >= 0.3 is 127 Å². The third kappa shape index (κ3) is 3.64. The van der Waals surface area contributed by atoms with Crippen molar-refractivity contribution >= 4 is 18.4 Å². The zero-order valence-corrected chi connectivity index (χ0v) is 12.0. The van der Waals surface area contributed by atoms with Gasteiger partial charge in [0, 0.05) is 0 Å². The number of benzene rings is 1. The van der Waals surface area contributed by atoms with E-state index < -0.39 is 11.7 Å². The third-order valence-corrected chi connectivity index (χ3v) is 3.22. The van der Waals surface area contributed by atoms with Gasteiger partial charge < -0.3 is 0 Å². The number of aliphatic imine (C=N–C) groups is 1. The van der Waals surface area contributed by atoms with E-state index in [4.69, 9.17) is 5.73 Å². The molecule has 0 bridgehead atoms. The normalized spacial score (nSPS) is 12.1. The van der Waals surface area contributed by atoms with Crippen molar-refractivity contribution in [3.63, 3.8) is 0 Å². The van der Waals surface area contributed by atoms with Gasteiger partial charge in [-0.2, -0.15) is 0 Å². The second-order valence-corrected chi connectivity index (χ2v) is 4.83. The van der Waals surface area contributed by atoms with Crippen molar-refractivity contribution in [3.8, 4) is 0 Å². The van der Waals surface area contributed by atoms with Gasteiger partial charge in [-0.15, -0.1) is 0 Å². The number of nitrogens with zero attached hydrogens (tertiary/aromatic N) is 1. The van der Waals surface area contributed by atoms with Gasteiger partial charge in [-0.3, -0.25) is 0 Å². The maximum atomic E-state index is 12.5. The van der Waals surface area contributed by atoms with Crippen molar-refractivity contribution < 1.29 is 13.2 Å². The fourth-order valence-corrected chi connectivity index (χ4v) is 1.98. The Hall–Kier alpha value is -2.37. The number of hydrogen-bond acceptors (Lipinski definition) is 1. The number of nitrogens with two attached hydrogens (primary N) is 1. The second kappa shape index (κ2) is 6.18. The summed E-state index contributed by atoms with van der Waals surface area (Å²) in [6.07, 6.45) is -4.36. The molecular weight excluding hydrogens is 288 g/mol. The Morgan fingerprint density at radius 2 is 1.86 bits per heavy atom. The summed E-state index contributed by atoms with van der Waals surface area (Å²) in [5.41, 5.74) is 7.77. The number of amidine groups is 1. The van der Waals surface area contributed by atoms with Crippen molar-refractivity contribution in [1.82, 2.24) is 0 Å². The van der Waals surface area contributed by atoms with E-state index in [0.717, 1.165) is 23.2 Å². The Bertz CT molecular complexity index is 719. The Kier molecular flexibility index (Phi) is 4.49. The fraction of sp³-hybridized carbons (Fsp3) is 0.125. The summed E-state index contributed by atoms with van der Waals surface area (Å²) in [6, 6.07) is 9.79. The molecule has 0 unspecified atom stereocenters. The van der Waals surface area contributed by atoms with Gasteiger partial charge in [-0.1, -0.05) is 0 Å². The molecule has 2 N–H and O–H groups in total. The molecule has 0 fully saturated rings. The van der Waals surface area contributed by atoms with E-state index in [2.05, 4.69) is 11.6 Å². The van der Waals surface area contributed by atoms with Crippen molar-refractivity contribution in [2.45, 2.75) is 13.1 Å². The van der Waals surface area contributed by atoms with Crippen LogP contribution in [0.3, 0.4) is 0 Å². The summed E-state index contributed by atoms with van der Waals surface area (Å²) in [6.45, 7) is 7.00. The fourth-order valence-electron chi connectivity index (χ4n) is 1.98. The molecule has 0 aliphatic carbocycles. The van der Waals surface area contributed by atoms with E-state index in [0.29, 0.717) is 11.2 Å². The van der Waals surface area contributed by atoms with Crippen molar-refractivity contribution in [1.29, 1.82) is 0 Å². The number of aryl methyl sites for hydroxylation is 1. The van der Waals surface area contributed by atoms with E-state index in [1.54, 1.807) is 0 Å². The summed E-state index contributed by atoms with van der Waals surface area (Å²) in [5, 5.41) is 0. The third-order valence-electron chi connectivity index (χ3n) is 3.22. The van der Waals surface area contributed by atoms with Gasteiger partial charge in [0.1, 0.15) is 0 Å². The SMILES string of the molecule is C=C(N=C(N)c1ccccc1C)c1bcc(C(F)(F)F)cc1. The molecule has 0 aliphatic heterocycles. The van der Waals surface area contributed by atoms with Crippen LogP contribution < -0.4 is 5.73 Å². The van der Waals surface area contributed by atoms with Crippen molar-refractivity contribution in [3.05, 3.63) is 71.1 Å². The minimum absolute atomic E-state index is 0.281. The van der Waals surface area contributed by atoms with Crippen LogP contribution in [-0.2, 0) is 6.18 Å². The van der Waals surface area contributed by atoms with E-state index in [9.17, 15) is 13.2 Å². The molecule has 2 aromatic rings. The average molecular weight is 302 g/mol. The van der Waals surface area contributed by atoms with Crippen molar-refractivity contribution in [2.24, 2.45) is 10.7 Å². The predicted molar refractivity (Wildman–Crippen MR) is 83.7 cm³/mol. The summed E-state index contributed by atoms with van der Waals surface area (Å²) >= 11 is 0. The Balaban J connectivity index is 2.25. The van der Waals surface area contributed by atoms with Gasteiger partial charge in [0.15, 0.2) is 0 Å². The topological polar surface area (TPSA) is 38.4 Å². The Labute approximate surface area is 127 Å². The van der Waals surface area contributed by atoms with Crippen LogP contribution in [0.15, 0.2) is 53.9 Å². The molecule has 0 spiro atoms. The summed E-state index contributed by atoms with van der Waals surface area (Å²) in [4.78, 5) is 4.19. The molecule has 1 aromatic heterocycles.